The zero-order valence-corrected chi connectivity index (χ0v) is 19.2. The first-order valence-electron chi connectivity index (χ1n) is 10.5. The number of amides is 1. The van der Waals surface area contributed by atoms with Crippen molar-refractivity contribution >= 4 is 21.6 Å². The highest BCUT2D eigenvalue weighted by Gasteiger charge is 2.33. The number of hydrogen-bond donors (Lipinski definition) is 1. The highest BCUT2D eigenvalue weighted by atomic mass is 32.2. The van der Waals surface area contributed by atoms with E-state index in [-0.39, 0.29) is 10.8 Å². The molecule has 1 aromatic carbocycles. The minimum Gasteiger partial charge on any atom is -0.492 e. The molecule has 31 heavy (non-hydrogen) atoms. The molecule has 1 fully saturated rings. The van der Waals surface area contributed by atoms with E-state index in [4.69, 9.17) is 9.26 Å². The first-order valence-corrected chi connectivity index (χ1v) is 11.9. The van der Waals surface area contributed by atoms with Gasteiger partial charge in [-0.15, -0.1) is 0 Å². The summed E-state index contributed by atoms with van der Waals surface area (Å²) in [4.78, 5) is 15.0. The molecule has 0 bridgehead atoms. The number of rotatable bonds is 7. The lowest BCUT2D eigenvalue weighted by atomic mass is 10.2. The Hall–Kier alpha value is -2.43. The quantitative estimate of drug-likeness (QED) is 0.691. The van der Waals surface area contributed by atoms with Crippen LogP contribution in [0.1, 0.15) is 31.7 Å². The standard InChI is InChI=1S/C21H30N4O5S/c1-5-29-19-10-7-6-9-18(19)22-21(26)16(3)24-11-8-12-25(14-13-24)31(27,28)20-15(2)23-30-17(20)4/h6-7,9-10,16H,5,8,11-14H2,1-4H3,(H,22,26). The molecule has 0 aliphatic carbocycles. The molecule has 0 saturated carbocycles. The molecule has 1 aromatic heterocycles. The SMILES string of the molecule is CCOc1ccccc1NC(=O)C(C)N1CCCN(S(=O)(=O)c2c(C)noc2C)CC1. The maximum Gasteiger partial charge on any atom is 0.248 e. The van der Waals surface area contributed by atoms with E-state index in [0.29, 0.717) is 62.1 Å². The number of nitrogens with zero attached hydrogens (tertiary/aromatic N) is 3. The van der Waals surface area contributed by atoms with E-state index in [1.54, 1.807) is 19.9 Å². The predicted octanol–water partition coefficient (Wildman–Crippen LogP) is 2.41. The number of aryl methyl sites for hydroxylation is 2. The number of nitrogens with one attached hydrogen (secondary N) is 1. The summed E-state index contributed by atoms with van der Waals surface area (Å²) in [7, 11) is -3.70. The normalized spacial score (nSPS) is 17.2. The van der Waals surface area contributed by atoms with Gasteiger partial charge in [0.25, 0.3) is 0 Å². The third kappa shape index (κ3) is 5.08. The van der Waals surface area contributed by atoms with Crippen LogP contribution in [0.3, 0.4) is 0 Å². The summed E-state index contributed by atoms with van der Waals surface area (Å²) in [6, 6.07) is 6.89. The van der Waals surface area contributed by atoms with Gasteiger partial charge in [0.05, 0.1) is 18.3 Å². The van der Waals surface area contributed by atoms with Crippen molar-refractivity contribution < 1.29 is 22.5 Å². The number of ether oxygens (including phenoxy) is 1. The Labute approximate surface area is 183 Å². The van der Waals surface area contributed by atoms with Crippen molar-refractivity contribution in [3.05, 3.63) is 35.7 Å². The molecule has 9 nitrogen and oxygen atoms in total. The zero-order valence-electron chi connectivity index (χ0n) is 18.4. The molecule has 2 heterocycles. The van der Waals surface area contributed by atoms with Gasteiger partial charge in [-0.1, -0.05) is 17.3 Å². The van der Waals surface area contributed by atoms with E-state index >= 15 is 0 Å². The Morgan fingerprint density at radius 2 is 1.97 bits per heavy atom. The van der Waals surface area contributed by atoms with E-state index in [1.165, 1.54) is 4.31 Å². The fourth-order valence-electron chi connectivity index (χ4n) is 3.77. The van der Waals surface area contributed by atoms with Gasteiger partial charge < -0.3 is 14.6 Å². The monoisotopic (exact) mass is 450 g/mol. The summed E-state index contributed by atoms with van der Waals surface area (Å²) < 4.78 is 38.3. The average Bonchev–Trinajstić information content (AvgIpc) is 2.93. The van der Waals surface area contributed by atoms with Gasteiger partial charge in [-0.2, -0.15) is 4.31 Å². The van der Waals surface area contributed by atoms with Gasteiger partial charge >= 0.3 is 0 Å². The van der Waals surface area contributed by atoms with Crippen molar-refractivity contribution in [2.45, 2.75) is 45.1 Å². The Morgan fingerprint density at radius 1 is 1.23 bits per heavy atom. The number of sulfonamides is 1. The van der Waals surface area contributed by atoms with Crippen LogP contribution in [0.25, 0.3) is 0 Å². The van der Waals surface area contributed by atoms with Crippen LogP contribution in [0.5, 0.6) is 5.75 Å². The maximum atomic E-state index is 13.1. The van der Waals surface area contributed by atoms with Crippen LogP contribution in [0.15, 0.2) is 33.7 Å². The number of benzene rings is 1. The average molecular weight is 451 g/mol. The molecule has 3 rings (SSSR count). The van der Waals surface area contributed by atoms with Crippen LogP contribution in [-0.2, 0) is 14.8 Å². The molecule has 0 radical (unpaired) electrons. The lowest BCUT2D eigenvalue weighted by molar-refractivity contribution is -0.120. The van der Waals surface area contributed by atoms with Gasteiger partial charge in [0.1, 0.15) is 16.3 Å². The number of aromatic nitrogens is 1. The number of carbonyl (C=O) groups is 1. The van der Waals surface area contributed by atoms with Crippen LogP contribution in [-0.4, -0.2) is 67.5 Å². The first kappa shape index (κ1) is 23.2. The van der Waals surface area contributed by atoms with Crippen LogP contribution in [0.2, 0.25) is 0 Å². The number of para-hydroxylation sites is 2. The van der Waals surface area contributed by atoms with Gasteiger partial charge in [-0.3, -0.25) is 9.69 Å². The van der Waals surface area contributed by atoms with Crippen LogP contribution in [0.4, 0.5) is 5.69 Å². The minimum absolute atomic E-state index is 0.138. The van der Waals surface area contributed by atoms with Gasteiger partial charge in [-0.05, 0) is 46.2 Å². The molecule has 0 spiro atoms. The smallest absolute Gasteiger partial charge is 0.248 e. The molecule has 10 heteroatoms. The maximum absolute atomic E-state index is 13.1. The molecule has 1 aliphatic heterocycles. The third-order valence-corrected chi connectivity index (χ3v) is 7.57. The first-order chi connectivity index (χ1) is 14.8. The Bertz CT molecular complexity index is 1000. The molecule has 2 aromatic rings. The summed E-state index contributed by atoms with van der Waals surface area (Å²) in [5, 5.41) is 6.71. The molecule has 1 saturated heterocycles. The zero-order chi connectivity index (χ0) is 22.6. The van der Waals surface area contributed by atoms with Gasteiger partial charge in [0.2, 0.25) is 15.9 Å². The van der Waals surface area contributed by atoms with Crippen LogP contribution in [0, 0.1) is 13.8 Å². The van der Waals surface area contributed by atoms with Crippen molar-refractivity contribution in [1.82, 2.24) is 14.4 Å². The van der Waals surface area contributed by atoms with E-state index < -0.39 is 16.1 Å². The Kier molecular flexibility index (Phi) is 7.34. The highest BCUT2D eigenvalue weighted by molar-refractivity contribution is 7.89. The van der Waals surface area contributed by atoms with Gasteiger partial charge in [-0.25, -0.2) is 8.42 Å². The second-order valence-electron chi connectivity index (χ2n) is 7.54. The van der Waals surface area contributed by atoms with E-state index in [9.17, 15) is 13.2 Å². The largest absolute Gasteiger partial charge is 0.492 e. The second-order valence-corrected chi connectivity index (χ2v) is 9.42. The third-order valence-electron chi connectivity index (χ3n) is 5.43. The highest BCUT2D eigenvalue weighted by Crippen LogP contribution is 2.26. The molecule has 1 amide bonds. The molecular formula is C21H30N4O5S. The fourth-order valence-corrected chi connectivity index (χ4v) is 5.53. The second kappa shape index (κ2) is 9.80. The Morgan fingerprint density at radius 3 is 2.65 bits per heavy atom. The summed E-state index contributed by atoms with van der Waals surface area (Å²) in [6.45, 7) is 9.19. The lowest BCUT2D eigenvalue weighted by Gasteiger charge is -2.27. The summed E-state index contributed by atoms with van der Waals surface area (Å²) >= 11 is 0. The summed E-state index contributed by atoms with van der Waals surface area (Å²) in [5.74, 6) is 0.756. The molecule has 1 atom stereocenters. The topological polar surface area (TPSA) is 105 Å². The van der Waals surface area contributed by atoms with Crippen molar-refractivity contribution in [2.24, 2.45) is 0 Å². The van der Waals surface area contributed by atoms with Crippen molar-refractivity contribution in [3.63, 3.8) is 0 Å². The van der Waals surface area contributed by atoms with Crippen molar-refractivity contribution in [3.8, 4) is 5.75 Å². The van der Waals surface area contributed by atoms with Crippen molar-refractivity contribution in [2.75, 3.05) is 38.1 Å². The van der Waals surface area contributed by atoms with Crippen LogP contribution < -0.4 is 10.1 Å². The molecular weight excluding hydrogens is 420 g/mol. The van der Waals surface area contributed by atoms with Gasteiger partial charge in [0.15, 0.2) is 5.76 Å². The number of carbonyl (C=O) groups excluding carboxylic acids is 1. The lowest BCUT2D eigenvalue weighted by Crippen LogP contribution is -2.44. The molecule has 1 aliphatic rings. The summed E-state index contributed by atoms with van der Waals surface area (Å²) in [5.41, 5.74) is 0.984. The van der Waals surface area contributed by atoms with E-state index in [0.717, 1.165) is 0 Å². The number of hydrogen-bond acceptors (Lipinski definition) is 7. The summed E-state index contributed by atoms with van der Waals surface area (Å²) in [6.07, 6.45) is 0.621. The molecule has 1 unspecified atom stereocenters. The van der Waals surface area contributed by atoms with Crippen LogP contribution >= 0.6 is 0 Å². The Balaban J connectivity index is 1.67. The number of anilines is 1. The van der Waals surface area contributed by atoms with Crippen molar-refractivity contribution in [1.29, 1.82) is 0 Å². The van der Waals surface area contributed by atoms with Gasteiger partial charge in [0, 0.05) is 26.2 Å². The minimum atomic E-state index is -3.70. The molecule has 170 valence electrons. The van der Waals surface area contributed by atoms with E-state index in [2.05, 4.69) is 10.5 Å². The molecule has 1 N–H and O–H groups in total. The van der Waals surface area contributed by atoms with E-state index in [1.807, 2.05) is 36.9 Å². The fraction of sp³-hybridized carbons (Fsp3) is 0.524. The predicted molar refractivity (Wildman–Crippen MR) is 117 cm³/mol.